The summed E-state index contributed by atoms with van der Waals surface area (Å²) in [7, 11) is 5.26. The molecule has 0 aliphatic carbocycles. The molecule has 4 nitrogen and oxygen atoms in total. The van der Waals surface area contributed by atoms with Crippen molar-refractivity contribution in [3.8, 4) is 11.5 Å². The molecule has 0 heterocycles. The first-order valence-corrected chi connectivity index (χ1v) is 6.27. The van der Waals surface area contributed by atoms with Crippen LogP contribution in [0.4, 0.5) is 0 Å². The molecule has 2 atom stereocenters. The van der Waals surface area contributed by atoms with E-state index in [0.717, 1.165) is 17.9 Å². The Morgan fingerprint density at radius 1 is 1.22 bits per heavy atom. The molecule has 0 aromatic heterocycles. The fraction of sp³-hybridized carbons (Fsp3) is 0.571. The zero-order chi connectivity index (χ0) is 13.5. The Hall–Kier alpha value is -1.26. The molecular formula is C14H24N2O2. The Balaban J connectivity index is 2.99. The van der Waals surface area contributed by atoms with Crippen LogP contribution in [0, 0.1) is 5.92 Å². The van der Waals surface area contributed by atoms with Gasteiger partial charge in [-0.25, -0.2) is 0 Å². The standard InChI is InChI=1S/C14H24N2O2/c1-10(7-8-15)14(16-2)11-5-6-12(17-3)13(9-11)18-4/h5-6,9-10,14,16H,7-8,15H2,1-4H3. The SMILES string of the molecule is CNC(c1ccc(OC)c(OC)c1)C(C)CCN. The average Bonchev–Trinajstić information content (AvgIpc) is 2.39. The Morgan fingerprint density at radius 2 is 1.89 bits per heavy atom. The Kier molecular flexibility index (Phi) is 5.95. The van der Waals surface area contributed by atoms with Crippen molar-refractivity contribution in [1.29, 1.82) is 0 Å². The van der Waals surface area contributed by atoms with Crippen molar-refractivity contribution >= 4 is 0 Å². The van der Waals surface area contributed by atoms with Crippen LogP contribution in [0.1, 0.15) is 24.9 Å². The first-order chi connectivity index (χ1) is 8.67. The van der Waals surface area contributed by atoms with Crippen molar-refractivity contribution in [2.75, 3.05) is 27.8 Å². The maximum Gasteiger partial charge on any atom is 0.161 e. The summed E-state index contributed by atoms with van der Waals surface area (Å²) in [4.78, 5) is 0. The largest absolute Gasteiger partial charge is 0.493 e. The molecule has 2 unspecified atom stereocenters. The lowest BCUT2D eigenvalue weighted by Gasteiger charge is -2.24. The Morgan fingerprint density at radius 3 is 2.39 bits per heavy atom. The van der Waals surface area contributed by atoms with Gasteiger partial charge in [0.05, 0.1) is 14.2 Å². The van der Waals surface area contributed by atoms with E-state index in [1.54, 1.807) is 14.2 Å². The third kappa shape index (κ3) is 3.37. The smallest absolute Gasteiger partial charge is 0.161 e. The topological polar surface area (TPSA) is 56.5 Å². The van der Waals surface area contributed by atoms with E-state index in [2.05, 4.69) is 18.3 Å². The van der Waals surface area contributed by atoms with Crippen LogP contribution < -0.4 is 20.5 Å². The fourth-order valence-corrected chi connectivity index (χ4v) is 2.26. The van der Waals surface area contributed by atoms with E-state index < -0.39 is 0 Å². The number of rotatable bonds is 7. The van der Waals surface area contributed by atoms with E-state index in [4.69, 9.17) is 15.2 Å². The van der Waals surface area contributed by atoms with Crippen LogP contribution in [0.5, 0.6) is 11.5 Å². The number of ether oxygens (including phenoxy) is 2. The van der Waals surface area contributed by atoms with Crippen LogP contribution >= 0.6 is 0 Å². The van der Waals surface area contributed by atoms with Gasteiger partial charge in [0.25, 0.3) is 0 Å². The summed E-state index contributed by atoms with van der Waals surface area (Å²) >= 11 is 0. The van der Waals surface area contributed by atoms with Gasteiger partial charge in [0.2, 0.25) is 0 Å². The molecule has 3 N–H and O–H groups in total. The number of hydrogen-bond acceptors (Lipinski definition) is 4. The molecular weight excluding hydrogens is 228 g/mol. The van der Waals surface area contributed by atoms with Crippen molar-refractivity contribution in [2.24, 2.45) is 11.7 Å². The highest BCUT2D eigenvalue weighted by atomic mass is 16.5. The molecule has 1 aromatic carbocycles. The molecule has 1 rings (SSSR count). The number of nitrogens with two attached hydrogens (primary N) is 1. The summed E-state index contributed by atoms with van der Waals surface area (Å²) in [6.07, 6.45) is 0.986. The third-order valence-electron chi connectivity index (χ3n) is 3.27. The summed E-state index contributed by atoms with van der Waals surface area (Å²) in [5.41, 5.74) is 6.82. The number of nitrogens with one attached hydrogen (secondary N) is 1. The van der Waals surface area contributed by atoms with E-state index in [-0.39, 0.29) is 6.04 Å². The minimum Gasteiger partial charge on any atom is -0.493 e. The van der Waals surface area contributed by atoms with E-state index >= 15 is 0 Å². The highest BCUT2D eigenvalue weighted by Gasteiger charge is 2.18. The predicted molar refractivity (Wildman–Crippen MR) is 74.2 cm³/mol. The molecule has 102 valence electrons. The van der Waals surface area contributed by atoms with Gasteiger partial charge in [-0.15, -0.1) is 0 Å². The minimum atomic E-state index is 0.272. The first-order valence-electron chi connectivity index (χ1n) is 6.27. The summed E-state index contributed by atoms with van der Waals surface area (Å²) in [6, 6.07) is 6.30. The van der Waals surface area contributed by atoms with Crippen molar-refractivity contribution in [1.82, 2.24) is 5.32 Å². The van der Waals surface area contributed by atoms with E-state index in [1.807, 2.05) is 19.2 Å². The maximum absolute atomic E-state index is 5.63. The molecule has 1 aromatic rings. The second-order valence-corrected chi connectivity index (χ2v) is 4.44. The van der Waals surface area contributed by atoms with Crippen LogP contribution in [0.3, 0.4) is 0 Å². The number of hydrogen-bond donors (Lipinski definition) is 2. The van der Waals surface area contributed by atoms with Gasteiger partial charge in [-0.3, -0.25) is 0 Å². The lowest BCUT2D eigenvalue weighted by atomic mass is 9.92. The Bertz CT molecular complexity index is 369. The first kappa shape index (κ1) is 14.8. The van der Waals surface area contributed by atoms with Crippen LogP contribution in [0.2, 0.25) is 0 Å². The van der Waals surface area contributed by atoms with Gasteiger partial charge in [-0.2, -0.15) is 0 Å². The van der Waals surface area contributed by atoms with E-state index in [1.165, 1.54) is 5.56 Å². The molecule has 0 saturated carbocycles. The number of methoxy groups -OCH3 is 2. The molecule has 0 fully saturated rings. The lowest BCUT2D eigenvalue weighted by molar-refractivity contribution is 0.350. The van der Waals surface area contributed by atoms with Crippen molar-refractivity contribution < 1.29 is 9.47 Å². The molecule has 0 spiro atoms. The highest BCUT2D eigenvalue weighted by Crippen LogP contribution is 2.32. The average molecular weight is 252 g/mol. The van der Waals surface area contributed by atoms with Crippen molar-refractivity contribution in [2.45, 2.75) is 19.4 Å². The number of benzene rings is 1. The normalized spacial score (nSPS) is 14.1. The van der Waals surface area contributed by atoms with Crippen LogP contribution in [0.25, 0.3) is 0 Å². The van der Waals surface area contributed by atoms with E-state index in [0.29, 0.717) is 12.5 Å². The van der Waals surface area contributed by atoms with Crippen molar-refractivity contribution in [3.05, 3.63) is 23.8 Å². The van der Waals surface area contributed by atoms with E-state index in [9.17, 15) is 0 Å². The van der Waals surface area contributed by atoms with Gasteiger partial charge in [0.15, 0.2) is 11.5 Å². The highest BCUT2D eigenvalue weighted by molar-refractivity contribution is 5.43. The van der Waals surface area contributed by atoms with Crippen LogP contribution in [-0.4, -0.2) is 27.8 Å². The summed E-state index contributed by atoms with van der Waals surface area (Å²) in [6.45, 7) is 2.90. The third-order valence-corrected chi connectivity index (χ3v) is 3.27. The molecule has 18 heavy (non-hydrogen) atoms. The van der Waals surface area contributed by atoms with Gasteiger partial charge in [0.1, 0.15) is 0 Å². The quantitative estimate of drug-likeness (QED) is 0.779. The van der Waals surface area contributed by atoms with Gasteiger partial charge < -0.3 is 20.5 Å². The van der Waals surface area contributed by atoms with Gasteiger partial charge >= 0.3 is 0 Å². The summed E-state index contributed by atoms with van der Waals surface area (Å²) in [5.74, 6) is 1.98. The second-order valence-electron chi connectivity index (χ2n) is 4.44. The van der Waals surface area contributed by atoms with Gasteiger partial charge in [-0.1, -0.05) is 13.0 Å². The summed E-state index contributed by atoms with van der Waals surface area (Å²) < 4.78 is 10.6. The van der Waals surface area contributed by atoms with Crippen LogP contribution in [-0.2, 0) is 0 Å². The zero-order valence-electron chi connectivity index (χ0n) is 11.7. The minimum absolute atomic E-state index is 0.272. The molecule has 0 saturated heterocycles. The second kappa shape index (κ2) is 7.24. The molecule has 4 heteroatoms. The molecule has 0 radical (unpaired) electrons. The zero-order valence-corrected chi connectivity index (χ0v) is 11.7. The lowest BCUT2D eigenvalue weighted by Crippen LogP contribution is -2.25. The van der Waals surface area contributed by atoms with Gasteiger partial charge in [0, 0.05) is 6.04 Å². The van der Waals surface area contributed by atoms with Crippen molar-refractivity contribution in [3.63, 3.8) is 0 Å². The molecule has 0 amide bonds. The fourth-order valence-electron chi connectivity index (χ4n) is 2.26. The predicted octanol–water partition coefficient (Wildman–Crippen LogP) is 1.95. The van der Waals surface area contributed by atoms with Gasteiger partial charge in [-0.05, 0) is 43.6 Å². The maximum atomic E-state index is 5.63. The molecule has 0 aliphatic heterocycles. The van der Waals surface area contributed by atoms with Crippen LogP contribution in [0.15, 0.2) is 18.2 Å². The molecule has 0 aliphatic rings. The molecule has 0 bridgehead atoms. The Labute approximate surface area is 109 Å². The summed E-state index contributed by atoms with van der Waals surface area (Å²) in [5, 5.41) is 3.34. The monoisotopic (exact) mass is 252 g/mol.